The average Bonchev–Trinajstić information content (AvgIpc) is 3.17. The van der Waals surface area contributed by atoms with Crippen molar-refractivity contribution < 1.29 is 19.1 Å². The van der Waals surface area contributed by atoms with Crippen LogP contribution >= 0.6 is 11.3 Å². The molecule has 0 amide bonds. The zero-order valence-electron chi connectivity index (χ0n) is 15.4. The van der Waals surface area contributed by atoms with Crippen LogP contribution in [0.3, 0.4) is 0 Å². The van der Waals surface area contributed by atoms with Gasteiger partial charge in [-0.25, -0.2) is 9.59 Å². The van der Waals surface area contributed by atoms with Crippen molar-refractivity contribution in [3.8, 4) is 0 Å². The Balaban J connectivity index is 1.90. The Morgan fingerprint density at radius 1 is 0.926 bits per heavy atom. The molecule has 0 bridgehead atoms. The Labute approximate surface area is 160 Å². The summed E-state index contributed by atoms with van der Waals surface area (Å²) < 4.78 is 14.5. The SMILES string of the molecule is CCOC(=O)c1ccc2c(c1)sc1c3ccc(C(=O)OCC)cc3n(C)c21. The molecule has 0 aliphatic carbocycles. The number of carbonyl (C=O) groups excluding carboxylic acids is 2. The Morgan fingerprint density at radius 3 is 2.15 bits per heavy atom. The number of aromatic nitrogens is 1. The van der Waals surface area contributed by atoms with Crippen LogP contribution in [-0.4, -0.2) is 29.7 Å². The first-order valence-corrected chi connectivity index (χ1v) is 9.65. The van der Waals surface area contributed by atoms with Crippen LogP contribution in [0.2, 0.25) is 0 Å². The fourth-order valence-corrected chi connectivity index (χ4v) is 4.71. The lowest BCUT2D eigenvalue weighted by molar-refractivity contribution is 0.0517. The van der Waals surface area contributed by atoms with Crippen molar-refractivity contribution in [2.75, 3.05) is 13.2 Å². The third kappa shape index (κ3) is 2.77. The smallest absolute Gasteiger partial charge is 0.338 e. The van der Waals surface area contributed by atoms with E-state index in [4.69, 9.17) is 9.47 Å². The van der Waals surface area contributed by atoms with E-state index in [2.05, 4.69) is 4.57 Å². The molecule has 4 aromatic rings. The van der Waals surface area contributed by atoms with Gasteiger partial charge in [0.2, 0.25) is 0 Å². The van der Waals surface area contributed by atoms with Crippen LogP contribution in [0.15, 0.2) is 36.4 Å². The molecule has 0 radical (unpaired) electrons. The highest BCUT2D eigenvalue weighted by molar-refractivity contribution is 7.26. The van der Waals surface area contributed by atoms with Gasteiger partial charge in [-0.15, -0.1) is 11.3 Å². The van der Waals surface area contributed by atoms with Crippen LogP contribution in [-0.2, 0) is 16.5 Å². The van der Waals surface area contributed by atoms with Gasteiger partial charge in [0.05, 0.1) is 40.1 Å². The van der Waals surface area contributed by atoms with Gasteiger partial charge in [-0.3, -0.25) is 0 Å². The van der Waals surface area contributed by atoms with Crippen molar-refractivity contribution >= 4 is 54.5 Å². The second-order valence-electron chi connectivity index (χ2n) is 6.22. The maximum Gasteiger partial charge on any atom is 0.338 e. The highest BCUT2D eigenvalue weighted by Gasteiger charge is 2.18. The Kier molecular flexibility index (Phi) is 4.36. The summed E-state index contributed by atoms with van der Waals surface area (Å²) in [5.74, 6) is -0.617. The zero-order valence-corrected chi connectivity index (χ0v) is 16.2. The number of hydrogen-bond acceptors (Lipinski definition) is 5. The molecule has 138 valence electrons. The van der Waals surface area contributed by atoms with E-state index >= 15 is 0 Å². The second kappa shape index (κ2) is 6.70. The topological polar surface area (TPSA) is 57.5 Å². The van der Waals surface area contributed by atoms with Gasteiger partial charge in [0.1, 0.15) is 0 Å². The maximum atomic E-state index is 12.0. The Bertz CT molecular complexity index is 1200. The third-order valence-electron chi connectivity index (χ3n) is 4.63. The molecule has 5 nitrogen and oxygen atoms in total. The van der Waals surface area contributed by atoms with Crippen LogP contribution < -0.4 is 0 Å². The number of hydrogen-bond donors (Lipinski definition) is 0. The first-order chi connectivity index (χ1) is 13.0. The molecule has 0 atom stereocenters. The molecule has 2 heterocycles. The number of carbonyl (C=O) groups is 2. The van der Waals surface area contributed by atoms with Crippen molar-refractivity contribution in [2.45, 2.75) is 13.8 Å². The molecular formula is C21H19NO4S. The lowest BCUT2D eigenvalue weighted by Gasteiger charge is -2.04. The standard InChI is InChI=1S/C21H19NO4S/c1-4-25-20(23)12-6-8-14-16(10-12)22(3)18-15-9-7-13(21(24)26-5-2)11-17(15)27-19(14)18/h6-11H,4-5H2,1-3H3. The van der Waals surface area contributed by atoms with Crippen molar-refractivity contribution in [1.29, 1.82) is 0 Å². The molecule has 2 aromatic heterocycles. The maximum absolute atomic E-state index is 12.0. The zero-order chi connectivity index (χ0) is 19.1. The third-order valence-corrected chi connectivity index (χ3v) is 5.80. The van der Waals surface area contributed by atoms with Crippen LogP contribution in [0.25, 0.3) is 31.2 Å². The van der Waals surface area contributed by atoms with Gasteiger partial charge in [-0.1, -0.05) is 12.1 Å². The summed E-state index contributed by atoms with van der Waals surface area (Å²) in [7, 11) is 1.99. The second-order valence-corrected chi connectivity index (χ2v) is 7.27. The van der Waals surface area contributed by atoms with E-state index in [-0.39, 0.29) is 11.9 Å². The molecule has 2 aromatic carbocycles. The number of nitrogens with zero attached hydrogens (tertiary/aromatic N) is 1. The number of ether oxygens (including phenoxy) is 2. The van der Waals surface area contributed by atoms with Crippen LogP contribution in [0.1, 0.15) is 34.6 Å². The number of esters is 2. The summed E-state index contributed by atoms with van der Waals surface area (Å²) in [5.41, 5.74) is 3.19. The van der Waals surface area contributed by atoms with Crippen LogP contribution in [0.4, 0.5) is 0 Å². The van der Waals surface area contributed by atoms with Gasteiger partial charge in [-0.05, 0) is 38.1 Å². The summed E-state index contributed by atoms with van der Waals surface area (Å²) in [6.45, 7) is 4.31. The van der Waals surface area contributed by atoms with E-state index in [9.17, 15) is 9.59 Å². The first kappa shape index (κ1) is 17.5. The fourth-order valence-electron chi connectivity index (χ4n) is 3.40. The molecule has 0 spiro atoms. The van der Waals surface area contributed by atoms with Crippen LogP contribution in [0.5, 0.6) is 0 Å². The normalized spacial score (nSPS) is 11.4. The molecule has 0 aliphatic heterocycles. The summed E-state index contributed by atoms with van der Waals surface area (Å²) in [5, 5.41) is 2.17. The number of rotatable bonds is 4. The number of aryl methyl sites for hydroxylation is 1. The van der Waals surface area contributed by atoms with Crippen molar-refractivity contribution in [1.82, 2.24) is 4.57 Å². The van der Waals surface area contributed by atoms with Gasteiger partial charge in [0, 0.05) is 22.5 Å². The molecule has 0 fully saturated rings. The summed E-state index contributed by atoms with van der Waals surface area (Å²) in [6.07, 6.45) is 0. The predicted octanol–water partition coefficient (Wildman–Crippen LogP) is 4.90. The van der Waals surface area contributed by atoms with Gasteiger partial charge >= 0.3 is 11.9 Å². The summed E-state index contributed by atoms with van der Waals surface area (Å²) in [6, 6.07) is 11.3. The van der Waals surface area contributed by atoms with Crippen molar-refractivity contribution in [3.63, 3.8) is 0 Å². The van der Waals surface area contributed by atoms with Gasteiger partial charge < -0.3 is 14.0 Å². The predicted molar refractivity (Wildman–Crippen MR) is 108 cm³/mol. The van der Waals surface area contributed by atoms with Gasteiger partial charge in [0.15, 0.2) is 0 Å². The first-order valence-electron chi connectivity index (χ1n) is 8.84. The minimum absolute atomic E-state index is 0.305. The largest absolute Gasteiger partial charge is 0.462 e. The average molecular weight is 381 g/mol. The lowest BCUT2D eigenvalue weighted by Crippen LogP contribution is -2.04. The molecule has 0 unspecified atom stereocenters. The summed E-state index contributed by atoms with van der Waals surface area (Å²) in [4.78, 5) is 24.1. The lowest BCUT2D eigenvalue weighted by atomic mass is 10.1. The minimum Gasteiger partial charge on any atom is -0.462 e. The van der Waals surface area contributed by atoms with E-state index in [1.165, 1.54) is 0 Å². The molecule has 0 saturated heterocycles. The number of benzene rings is 2. The van der Waals surface area contributed by atoms with Gasteiger partial charge in [-0.2, -0.15) is 0 Å². The molecular weight excluding hydrogens is 362 g/mol. The summed E-state index contributed by atoms with van der Waals surface area (Å²) >= 11 is 1.64. The number of fused-ring (bicyclic) bond motifs is 5. The molecule has 27 heavy (non-hydrogen) atoms. The van der Waals surface area contributed by atoms with Gasteiger partial charge in [0.25, 0.3) is 0 Å². The fraction of sp³-hybridized carbons (Fsp3) is 0.238. The molecule has 4 rings (SSSR count). The number of thiophene rings is 1. The molecule has 0 N–H and O–H groups in total. The monoisotopic (exact) mass is 381 g/mol. The van der Waals surface area contributed by atoms with E-state index in [0.717, 1.165) is 31.2 Å². The van der Waals surface area contributed by atoms with Crippen molar-refractivity contribution in [3.05, 3.63) is 47.5 Å². The molecule has 6 heteroatoms. The Morgan fingerprint density at radius 2 is 1.52 bits per heavy atom. The van der Waals surface area contributed by atoms with E-state index in [1.807, 2.05) is 31.3 Å². The van der Waals surface area contributed by atoms with E-state index < -0.39 is 0 Å². The Hall–Kier alpha value is -2.86. The van der Waals surface area contributed by atoms with E-state index in [0.29, 0.717) is 24.3 Å². The highest BCUT2D eigenvalue weighted by atomic mass is 32.1. The quantitative estimate of drug-likeness (QED) is 0.472. The highest BCUT2D eigenvalue weighted by Crippen LogP contribution is 2.40. The van der Waals surface area contributed by atoms with E-state index in [1.54, 1.807) is 37.3 Å². The van der Waals surface area contributed by atoms with Crippen LogP contribution in [0, 0.1) is 0 Å². The molecule has 0 saturated carbocycles. The molecule has 0 aliphatic rings. The minimum atomic E-state index is -0.312. The van der Waals surface area contributed by atoms with Crippen molar-refractivity contribution in [2.24, 2.45) is 7.05 Å².